The van der Waals surface area contributed by atoms with Gasteiger partial charge in [-0.15, -0.1) is 0 Å². The second-order valence-electron chi connectivity index (χ2n) is 5.44. The van der Waals surface area contributed by atoms with E-state index in [-0.39, 0.29) is 5.82 Å². The molecule has 2 aromatic carbocycles. The largest absolute Gasteiger partial charge is 0.481 e. The fourth-order valence-electron chi connectivity index (χ4n) is 2.61. The molecule has 0 bridgehead atoms. The average molecular weight is 286 g/mol. The minimum absolute atomic E-state index is 0.330. The van der Waals surface area contributed by atoms with E-state index in [1.807, 2.05) is 32.0 Å². The summed E-state index contributed by atoms with van der Waals surface area (Å²) in [5.74, 6) is -1.72. The van der Waals surface area contributed by atoms with Gasteiger partial charge in [-0.3, -0.25) is 4.79 Å². The summed E-state index contributed by atoms with van der Waals surface area (Å²) in [6.07, 6.45) is 0.797. The molecule has 0 aliphatic rings. The number of aryl methyl sites for hydroxylation is 2. The molecule has 0 amide bonds. The maximum Gasteiger partial charge on any atom is 0.307 e. The van der Waals surface area contributed by atoms with Crippen LogP contribution in [-0.2, 0) is 17.6 Å². The second-order valence-corrected chi connectivity index (χ2v) is 5.44. The van der Waals surface area contributed by atoms with Gasteiger partial charge >= 0.3 is 5.97 Å². The van der Waals surface area contributed by atoms with Gasteiger partial charge in [0.2, 0.25) is 0 Å². The van der Waals surface area contributed by atoms with E-state index in [1.54, 1.807) is 12.1 Å². The molecule has 0 radical (unpaired) electrons. The molecular formula is C18H19FO2. The predicted molar refractivity (Wildman–Crippen MR) is 80.8 cm³/mol. The van der Waals surface area contributed by atoms with Crippen LogP contribution in [0.3, 0.4) is 0 Å². The van der Waals surface area contributed by atoms with Gasteiger partial charge in [-0.25, -0.2) is 4.39 Å². The molecule has 0 heterocycles. The van der Waals surface area contributed by atoms with Crippen LogP contribution in [0.2, 0.25) is 0 Å². The summed E-state index contributed by atoms with van der Waals surface area (Å²) in [7, 11) is 0. The first-order valence-corrected chi connectivity index (χ1v) is 6.99. The minimum atomic E-state index is -0.845. The first-order valence-electron chi connectivity index (χ1n) is 6.99. The highest BCUT2D eigenvalue weighted by Crippen LogP contribution is 2.21. The number of aliphatic carboxylic acids is 1. The van der Waals surface area contributed by atoms with Gasteiger partial charge in [-0.05, 0) is 61.1 Å². The Balaban J connectivity index is 2.22. The quantitative estimate of drug-likeness (QED) is 0.904. The summed E-state index contributed by atoms with van der Waals surface area (Å²) < 4.78 is 13.2. The zero-order chi connectivity index (χ0) is 15.4. The molecule has 110 valence electrons. The van der Waals surface area contributed by atoms with E-state index >= 15 is 0 Å². The van der Waals surface area contributed by atoms with Crippen molar-refractivity contribution >= 4 is 5.97 Å². The Bertz CT molecular complexity index is 629. The van der Waals surface area contributed by atoms with Gasteiger partial charge in [0.25, 0.3) is 0 Å². The van der Waals surface area contributed by atoms with Crippen LogP contribution < -0.4 is 0 Å². The van der Waals surface area contributed by atoms with Crippen LogP contribution in [0.1, 0.15) is 22.3 Å². The first-order chi connectivity index (χ1) is 9.97. The lowest BCUT2D eigenvalue weighted by atomic mass is 9.89. The van der Waals surface area contributed by atoms with Crippen LogP contribution >= 0.6 is 0 Å². The van der Waals surface area contributed by atoms with Crippen molar-refractivity contribution in [1.82, 2.24) is 0 Å². The molecule has 2 nitrogen and oxygen atoms in total. The van der Waals surface area contributed by atoms with Crippen LogP contribution in [0.25, 0.3) is 0 Å². The third-order valence-corrected chi connectivity index (χ3v) is 3.82. The molecule has 0 saturated carbocycles. The fraction of sp³-hybridized carbons (Fsp3) is 0.278. The van der Waals surface area contributed by atoms with Crippen LogP contribution in [0.4, 0.5) is 4.39 Å². The molecule has 2 aromatic rings. The van der Waals surface area contributed by atoms with Crippen LogP contribution in [0.5, 0.6) is 0 Å². The van der Waals surface area contributed by atoms with Gasteiger partial charge < -0.3 is 5.11 Å². The Morgan fingerprint density at radius 1 is 1.10 bits per heavy atom. The van der Waals surface area contributed by atoms with E-state index in [0.29, 0.717) is 18.4 Å². The van der Waals surface area contributed by atoms with Gasteiger partial charge in [0.15, 0.2) is 0 Å². The third kappa shape index (κ3) is 3.91. The molecule has 0 spiro atoms. The van der Waals surface area contributed by atoms with Crippen LogP contribution in [-0.4, -0.2) is 11.1 Å². The van der Waals surface area contributed by atoms with Crippen molar-refractivity contribution in [3.8, 4) is 0 Å². The highest BCUT2D eigenvalue weighted by molar-refractivity contribution is 5.71. The van der Waals surface area contributed by atoms with Crippen molar-refractivity contribution < 1.29 is 14.3 Å². The molecule has 0 aliphatic carbocycles. The number of hydrogen-bond acceptors (Lipinski definition) is 1. The van der Waals surface area contributed by atoms with E-state index < -0.39 is 11.9 Å². The number of hydrogen-bond donors (Lipinski definition) is 1. The zero-order valence-corrected chi connectivity index (χ0v) is 12.3. The third-order valence-electron chi connectivity index (χ3n) is 3.82. The van der Waals surface area contributed by atoms with Gasteiger partial charge in [-0.2, -0.15) is 0 Å². The first kappa shape index (κ1) is 15.2. The molecule has 21 heavy (non-hydrogen) atoms. The van der Waals surface area contributed by atoms with Crippen molar-refractivity contribution in [3.05, 3.63) is 70.5 Å². The standard InChI is InChI=1S/C18H19FO2/c1-12-5-3-6-13(2)17(12)11-15(18(20)21)9-14-7-4-8-16(19)10-14/h3-8,10,15H,9,11H2,1-2H3,(H,20,21). The number of rotatable bonds is 5. The lowest BCUT2D eigenvalue weighted by Gasteiger charge is -2.16. The molecule has 1 N–H and O–H groups in total. The molecule has 0 aliphatic heterocycles. The smallest absolute Gasteiger partial charge is 0.307 e. The predicted octanol–water partition coefficient (Wildman–Crippen LogP) is 3.93. The Hall–Kier alpha value is -2.16. The summed E-state index contributed by atoms with van der Waals surface area (Å²) in [5.41, 5.74) is 3.98. The number of carboxylic acid groups (broad SMARTS) is 1. The van der Waals surface area contributed by atoms with E-state index in [2.05, 4.69) is 0 Å². The van der Waals surface area contributed by atoms with Crippen molar-refractivity contribution in [2.24, 2.45) is 5.92 Å². The van der Waals surface area contributed by atoms with E-state index in [4.69, 9.17) is 0 Å². The van der Waals surface area contributed by atoms with Gasteiger partial charge in [0.05, 0.1) is 5.92 Å². The van der Waals surface area contributed by atoms with Gasteiger partial charge in [0, 0.05) is 0 Å². The van der Waals surface area contributed by atoms with Crippen molar-refractivity contribution in [3.63, 3.8) is 0 Å². The van der Waals surface area contributed by atoms with Gasteiger partial charge in [0.1, 0.15) is 5.82 Å². The zero-order valence-electron chi connectivity index (χ0n) is 12.3. The fourth-order valence-corrected chi connectivity index (χ4v) is 2.61. The molecule has 3 heteroatoms. The Kier molecular flexibility index (Phi) is 4.73. The highest BCUT2D eigenvalue weighted by Gasteiger charge is 2.20. The topological polar surface area (TPSA) is 37.3 Å². The average Bonchev–Trinajstić information content (AvgIpc) is 2.41. The lowest BCUT2D eigenvalue weighted by Crippen LogP contribution is -2.20. The van der Waals surface area contributed by atoms with E-state index in [0.717, 1.165) is 16.7 Å². The van der Waals surface area contributed by atoms with E-state index in [9.17, 15) is 14.3 Å². The molecular weight excluding hydrogens is 267 g/mol. The molecule has 2 rings (SSSR count). The maximum atomic E-state index is 13.2. The lowest BCUT2D eigenvalue weighted by molar-refractivity contribution is -0.141. The van der Waals surface area contributed by atoms with E-state index in [1.165, 1.54) is 12.1 Å². The Labute approximate surface area is 124 Å². The van der Waals surface area contributed by atoms with Crippen LogP contribution in [0, 0.1) is 25.6 Å². The number of benzene rings is 2. The SMILES string of the molecule is Cc1cccc(C)c1CC(Cc1cccc(F)c1)C(=O)O. The summed E-state index contributed by atoms with van der Waals surface area (Å²) in [6, 6.07) is 12.1. The molecule has 1 atom stereocenters. The summed E-state index contributed by atoms with van der Waals surface area (Å²) >= 11 is 0. The maximum absolute atomic E-state index is 13.2. The summed E-state index contributed by atoms with van der Waals surface area (Å²) in [5, 5.41) is 9.45. The van der Waals surface area contributed by atoms with Crippen molar-refractivity contribution in [2.45, 2.75) is 26.7 Å². The van der Waals surface area contributed by atoms with Crippen molar-refractivity contribution in [1.29, 1.82) is 0 Å². The number of carboxylic acids is 1. The van der Waals surface area contributed by atoms with Crippen LogP contribution in [0.15, 0.2) is 42.5 Å². The molecule has 0 saturated heterocycles. The van der Waals surface area contributed by atoms with Gasteiger partial charge in [-0.1, -0.05) is 30.3 Å². The summed E-state index contributed by atoms with van der Waals surface area (Å²) in [6.45, 7) is 3.98. The number of halogens is 1. The molecule has 0 fully saturated rings. The normalized spacial score (nSPS) is 12.1. The second kappa shape index (κ2) is 6.53. The Morgan fingerprint density at radius 2 is 1.71 bits per heavy atom. The Morgan fingerprint density at radius 3 is 2.29 bits per heavy atom. The summed E-state index contributed by atoms with van der Waals surface area (Å²) in [4.78, 5) is 11.5. The molecule has 0 aromatic heterocycles. The monoisotopic (exact) mass is 286 g/mol. The molecule has 1 unspecified atom stereocenters. The number of carbonyl (C=O) groups is 1. The minimum Gasteiger partial charge on any atom is -0.481 e. The highest BCUT2D eigenvalue weighted by atomic mass is 19.1. The van der Waals surface area contributed by atoms with Crippen molar-refractivity contribution in [2.75, 3.05) is 0 Å².